The van der Waals surface area contributed by atoms with Crippen LogP contribution < -0.4 is 10.1 Å². The summed E-state index contributed by atoms with van der Waals surface area (Å²) >= 11 is 12.3. The number of amides is 1. The molecule has 0 bridgehead atoms. The van der Waals surface area contributed by atoms with Crippen LogP contribution in [-0.4, -0.2) is 23.5 Å². The molecular formula is C19H19Cl2NO4. The number of aliphatic carboxylic acids is 1. The fraction of sp³-hybridized carbons (Fsp3) is 0.263. The zero-order valence-electron chi connectivity index (χ0n) is 14.4. The number of benzene rings is 2. The number of carboxylic acid groups (broad SMARTS) is 1. The van der Waals surface area contributed by atoms with E-state index in [0.717, 1.165) is 0 Å². The van der Waals surface area contributed by atoms with Gasteiger partial charge in [-0.25, -0.2) is 0 Å². The minimum atomic E-state index is -0.951. The molecule has 0 aromatic heterocycles. The molecule has 0 unspecified atom stereocenters. The van der Waals surface area contributed by atoms with Crippen LogP contribution in [-0.2, 0) is 11.2 Å². The number of nitrogens with one attached hydrogen (secondary N) is 1. The molecule has 0 saturated heterocycles. The van der Waals surface area contributed by atoms with Gasteiger partial charge in [-0.05, 0) is 41.8 Å². The second-order valence-electron chi connectivity index (χ2n) is 6.19. The molecule has 2 N–H and O–H groups in total. The monoisotopic (exact) mass is 395 g/mol. The summed E-state index contributed by atoms with van der Waals surface area (Å²) in [6.45, 7) is 4.58. The molecule has 0 spiro atoms. The van der Waals surface area contributed by atoms with Gasteiger partial charge in [-0.15, -0.1) is 0 Å². The molecule has 2 rings (SSSR count). The Bertz CT molecular complexity index is 821. The third-order valence-corrected chi connectivity index (χ3v) is 4.04. The third kappa shape index (κ3) is 5.64. The Morgan fingerprint density at radius 1 is 1.08 bits per heavy atom. The molecule has 0 aliphatic rings. The molecule has 26 heavy (non-hydrogen) atoms. The lowest BCUT2D eigenvalue weighted by Gasteiger charge is -2.12. The van der Waals surface area contributed by atoms with Gasteiger partial charge in [0, 0.05) is 12.1 Å². The minimum absolute atomic E-state index is 0.143. The Balaban J connectivity index is 2.18. The summed E-state index contributed by atoms with van der Waals surface area (Å²) in [6, 6.07) is 9.43. The van der Waals surface area contributed by atoms with E-state index >= 15 is 0 Å². The van der Waals surface area contributed by atoms with Gasteiger partial charge in [-0.2, -0.15) is 0 Å². The molecule has 1 amide bonds. The van der Waals surface area contributed by atoms with Crippen LogP contribution in [0, 0.1) is 5.92 Å². The fourth-order valence-corrected chi connectivity index (χ4v) is 2.53. The van der Waals surface area contributed by atoms with Crippen molar-refractivity contribution >= 4 is 35.1 Å². The van der Waals surface area contributed by atoms with Crippen molar-refractivity contribution in [2.24, 2.45) is 5.92 Å². The maximum absolute atomic E-state index is 12.1. The standard InChI is InChI=1S/C19H19Cl2NO4/c1-11(2)10-22-19(25)13-4-6-16(15(21)9-13)26-17-7-12(8-18(23)24)3-5-14(17)20/h3-7,9,11H,8,10H2,1-2H3,(H,22,25)(H,23,24). The van der Waals surface area contributed by atoms with Crippen molar-refractivity contribution in [3.8, 4) is 11.5 Å². The molecule has 7 heteroatoms. The first-order valence-corrected chi connectivity index (χ1v) is 8.77. The molecule has 0 radical (unpaired) electrons. The molecule has 0 aliphatic heterocycles. The first kappa shape index (κ1) is 20.1. The van der Waals surface area contributed by atoms with Crippen LogP contribution in [0.1, 0.15) is 29.8 Å². The lowest BCUT2D eigenvalue weighted by molar-refractivity contribution is -0.136. The van der Waals surface area contributed by atoms with Crippen molar-refractivity contribution in [1.82, 2.24) is 5.32 Å². The smallest absolute Gasteiger partial charge is 0.307 e. The fourth-order valence-electron chi connectivity index (χ4n) is 2.15. The Labute approximate surface area is 161 Å². The molecule has 0 fully saturated rings. The van der Waals surface area contributed by atoms with Crippen LogP contribution >= 0.6 is 23.2 Å². The quantitative estimate of drug-likeness (QED) is 0.705. The molecule has 138 valence electrons. The van der Waals surface area contributed by atoms with Crippen molar-refractivity contribution in [3.05, 3.63) is 57.6 Å². The maximum atomic E-state index is 12.1. The Morgan fingerprint density at radius 2 is 1.81 bits per heavy atom. The first-order valence-electron chi connectivity index (χ1n) is 8.02. The lowest BCUT2D eigenvalue weighted by atomic mass is 10.1. The number of halogens is 2. The van der Waals surface area contributed by atoms with Gasteiger partial charge in [0.1, 0.15) is 11.5 Å². The molecule has 0 heterocycles. The number of hydrogen-bond acceptors (Lipinski definition) is 3. The number of carboxylic acids is 1. The summed E-state index contributed by atoms with van der Waals surface area (Å²) in [4.78, 5) is 22.9. The Hall–Kier alpha value is -2.24. The van der Waals surface area contributed by atoms with Crippen molar-refractivity contribution in [2.75, 3.05) is 6.54 Å². The minimum Gasteiger partial charge on any atom is -0.481 e. The number of ether oxygens (including phenoxy) is 1. The van der Waals surface area contributed by atoms with Crippen LogP contribution in [0.4, 0.5) is 0 Å². The van der Waals surface area contributed by atoms with Crippen LogP contribution in [0.15, 0.2) is 36.4 Å². The maximum Gasteiger partial charge on any atom is 0.307 e. The van der Waals surface area contributed by atoms with Gasteiger partial charge in [-0.3, -0.25) is 9.59 Å². The van der Waals surface area contributed by atoms with Crippen LogP contribution in [0.5, 0.6) is 11.5 Å². The largest absolute Gasteiger partial charge is 0.481 e. The highest BCUT2D eigenvalue weighted by molar-refractivity contribution is 6.33. The van der Waals surface area contributed by atoms with E-state index in [9.17, 15) is 9.59 Å². The summed E-state index contributed by atoms with van der Waals surface area (Å²) in [5.41, 5.74) is 0.978. The number of carbonyl (C=O) groups excluding carboxylic acids is 1. The number of hydrogen-bond donors (Lipinski definition) is 2. The summed E-state index contributed by atoms with van der Waals surface area (Å²) in [6.07, 6.45) is -0.143. The predicted molar refractivity (Wildman–Crippen MR) is 101 cm³/mol. The Morgan fingerprint density at radius 3 is 2.42 bits per heavy atom. The van der Waals surface area contributed by atoms with E-state index in [0.29, 0.717) is 40.1 Å². The topological polar surface area (TPSA) is 75.6 Å². The second-order valence-corrected chi connectivity index (χ2v) is 7.00. The van der Waals surface area contributed by atoms with Crippen molar-refractivity contribution < 1.29 is 19.4 Å². The lowest BCUT2D eigenvalue weighted by Crippen LogP contribution is -2.27. The van der Waals surface area contributed by atoms with E-state index in [2.05, 4.69) is 5.32 Å². The normalized spacial score (nSPS) is 10.7. The summed E-state index contributed by atoms with van der Waals surface area (Å²) < 4.78 is 5.71. The predicted octanol–water partition coefficient (Wildman–Crippen LogP) is 4.80. The molecule has 0 saturated carbocycles. The highest BCUT2D eigenvalue weighted by Crippen LogP contribution is 2.34. The van der Waals surface area contributed by atoms with E-state index in [1.165, 1.54) is 6.07 Å². The average Bonchev–Trinajstić information content (AvgIpc) is 2.56. The summed E-state index contributed by atoms with van der Waals surface area (Å²) in [7, 11) is 0. The van der Waals surface area contributed by atoms with E-state index in [-0.39, 0.29) is 17.4 Å². The molecular weight excluding hydrogens is 377 g/mol. The number of rotatable bonds is 7. The van der Waals surface area contributed by atoms with E-state index < -0.39 is 5.97 Å². The van der Waals surface area contributed by atoms with Gasteiger partial charge in [0.15, 0.2) is 0 Å². The van der Waals surface area contributed by atoms with Crippen molar-refractivity contribution in [1.29, 1.82) is 0 Å². The number of carbonyl (C=O) groups is 2. The molecule has 0 aliphatic carbocycles. The van der Waals surface area contributed by atoms with Crippen molar-refractivity contribution in [3.63, 3.8) is 0 Å². The van der Waals surface area contributed by atoms with Gasteiger partial charge >= 0.3 is 5.97 Å². The summed E-state index contributed by atoms with van der Waals surface area (Å²) in [5, 5.41) is 12.3. The molecule has 2 aromatic rings. The van der Waals surface area contributed by atoms with Gasteiger partial charge in [0.25, 0.3) is 5.91 Å². The molecule has 2 aromatic carbocycles. The van der Waals surface area contributed by atoms with Gasteiger partial charge < -0.3 is 15.2 Å². The van der Waals surface area contributed by atoms with E-state index in [4.69, 9.17) is 33.0 Å². The van der Waals surface area contributed by atoms with Gasteiger partial charge in [-0.1, -0.05) is 43.1 Å². The average molecular weight is 396 g/mol. The highest BCUT2D eigenvalue weighted by Gasteiger charge is 2.13. The van der Waals surface area contributed by atoms with Gasteiger partial charge in [0.2, 0.25) is 0 Å². The van der Waals surface area contributed by atoms with E-state index in [1.54, 1.807) is 30.3 Å². The second kappa shape index (κ2) is 8.92. The van der Waals surface area contributed by atoms with Crippen LogP contribution in [0.3, 0.4) is 0 Å². The zero-order valence-corrected chi connectivity index (χ0v) is 15.9. The van der Waals surface area contributed by atoms with Crippen LogP contribution in [0.25, 0.3) is 0 Å². The highest BCUT2D eigenvalue weighted by atomic mass is 35.5. The van der Waals surface area contributed by atoms with Crippen molar-refractivity contribution in [2.45, 2.75) is 20.3 Å². The Kier molecular flexibility index (Phi) is 6.89. The SMILES string of the molecule is CC(C)CNC(=O)c1ccc(Oc2cc(CC(=O)O)ccc2Cl)c(Cl)c1. The molecule has 0 atom stereocenters. The summed E-state index contributed by atoms with van der Waals surface area (Å²) in [5.74, 6) is -0.204. The third-order valence-electron chi connectivity index (χ3n) is 3.44. The molecule has 5 nitrogen and oxygen atoms in total. The first-order chi connectivity index (χ1) is 12.3. The van der Waals surface area contributed by atoms with E-state index in [1.807, 2.05) is 13.8 Å². The zero-order chi connectivity index (χ0) is 19.3. The van der Waals surface area contributed by atoms with Crippen LogP contribution in [0.2, 0.25) is 10.0 Å². The van der Waals surface area contributed by atoms with Gasteiger partial charge in [0.05, 0.1) is 16.5 Å².